The first kappa shape index (κ1) is 19.4. The van der Waals surface area contributed by atoms with Crippen LogP contribution in [-0.4, -0.2) is 69.7 Å². The first-order chi connectivity index (χ1) is 12.6. The van der Waals surface area contributed by atoms with Gasteiger partial charge in [-0.2, -0.15) is 5.10 Å². The number of carbonyl (C=O) groups is 1. The number of hydrogen-bond donors (Lipinski definition) is 0. The van der Waals surface area contributed by atoms with Gasteiger partial charge in [0.25, 0.3) is 0 Å². The summed E-state index contributed by atoms with van der Waals surface area (Å²) in [6.45, 7) is 8.19. The van der Waals surface area contributed by atoms with E-state index in [2.05, 4.69) is 5.10 Å². The Bertz CT molecular complexity index is 718. The number of hydrogen-bond acceptors (Lipinski definition) is 7. The van der Waals surface area contributed by atoms with E-state index >= 15 is 0 Å². The molecule has 1 amide bonds. The molecule has 0 atom stereocenters. The zero-order chi connectivity index (χ0) is 19.8. The summed E-state index contributed by atoms with van der Waals surface area (Å²) in [7, 11) is 1.70. The number of nitro groups is 1. The van der Waals surface area contributed by atoms with E-state index in [9.17, 15) is 14.9 Å². The zero-order valence-corrected chi connectivity index (χ0v) is 16.3. The Morgan fingerprint density at radius 2 is 2.00 bits per heavy atom. The molecule has 0 aromatic carbocycles. The number of anilines is 1. The molecule has 10 heteroatoms. The van der Waals surface area contributed by atoms with Crippen molar-refractivity contribution >= 4 is 17.6 Å². The highest BCUT2D eigenvalue weighted by molar-refractivity contribution is 5.68. The number of morpholine rings is 1. The number of carbonyl (C=O) groups excluding carboxylic acids is 1. The highest BCUT2D eigenvalue weighted by Gasteiger charge is 2.43. The molecule has 2 aliphatic rings. The molecular formula is C17H27N5O5. The molecular weight excluding hydrogens is 354 g/mol. The van der Waals surface area contributed by atoms with Crippen molar-refractivity contribution in [1.82, 2.24) is 14.7 Å². The van der Waals surface area contributed by atoms with E-state index in [4.69, 9.17) is 9.47 Å². The lowest BCUT2D eigenvalue weighted by atomic mass is 9.89. The Balaban J connectivity index is 1.67. The number of nitrogens with zero attached hydrogens (tertiary/aromatic N) is 5. The monoisotopic (exact) mass is 381 g/mol. The topological polar surface area (TPSA) is 103 Å². The summed E-state index contributed by atoms with van der Waals surface area (Å²) >= 11 is 0. The molecule has 0 bridgehead atoms. The van der Waals surface area contributed by atoms with E-state index in [-0.39, 0.29) is 11.8 Å². The highest BCUT2D eigenvalue weighted by atomic mass is 16.6. The van der Waals surface area contributed by atoms with Gasteiger partial charge in [0.15, 0.2) is 0 Å². The summed E-state index contributed by atoms with van der Waals surface area (Å²) in [5.74, 6) is 0.509. The molecule has 3 rings (SSSR count). The normalized spacial score (nSPS) is 20.0. The molecule has 1 aromatic heterocycles. The lowest BCUT2D eigenvalue weighted by molar-refractivity contribution is -0.384. The van der Waals surface area contributed by atoms with Gasteiger partial charge in [-0.1, -0.05) is 0 Å². The fraction of sp³-hybridized carbons (Fsp3) is 0.765. The Morgan fingerprint density at radius 3 is 2.59 bits per heavy atom. The number of rotatable bonds is 2. The molecule has 2 saturated heterocycles. The zero-order valence-electron chi connectivity index (χ0n) is 16.3. The Labute approximate surface area is 158 Å². The van der Waals surface area contributed by atoms with Gasteiger partial charge in [-0.25, -0.2) is 9.48 Å². The largest absolute Gasteiger partial charge is 0.444 e. The molecule has 3 heterocycles. The Hall–Kier alpha value is -2.36. The van der Waals surface area contributed by atoms with Crippen molar-refractivity contribution < 1.29 is 19.2 Å². The van der Waals surface area contributed by atoms with Crippen molar-refractivity contribution in [3.8, 4) is 0 Å². The fourth-order valence-corrected chi connectivity index (χ4v) is 3.67. The maximum absolute atomic E-state index is 12.4. The molecule has 10 nitrogen and oxygen atoms in total. The first-order valence-electron chi connectivity index (χ1n) is 9.13. The van der Waals surface area contributed by atoms with Crippen molar-refractivity contribution in [3.05, 3.63) is 16.3 Å². The third-order valence-electron chi connectivity index (χ3n) is 4.96. The maximum Gasteiger partial charge on any atom is 0.410 e. The number of aromatic nitrogens is 2. The van der Waals surface area contributed by atoms with Gasteiger partial charge in [-0.3, -0.25) is 10.1 Å². The number of aryl methyl sites for hydroxylation is 1. The molecule has 2 aliphatic heterocycles. The van der Waals surface area contributed by atoms with Crippen LogP contribution in [0.3, 0.4) is 0 Å². The van der Waals surface area contributed by atoms with Crippen LogP contribution in [0.2, 0.25) is 0 Å². The van der Waals surface area contributed by atoms with Crippen LogP contribution >= 0.6 is 0 Å². The molecule has 0 saturated carbocycles. The Kier molecular flexibility index (Phi) is 5.02. The second-order valence-electron chi connectivity index (χ2n) is 8.15. The second kappa shape index (κ2) is 6.99. The van der Waals surface area contributed by atoms with Gasteiger partial charge in [0.1, 0.15) is 11.8 Å². The second-order valence-corrected chi connectivity index (χ2v) is 8.15. The van der Waals surface area contributed by atoms with Crippen LogP contribution in [0.15, 0.2) is 6.20 Å². The minimum absolute atomic E-state index is 0.00777. The summed E-state index contributed by atoms with van der Waals surface area (Å²) in [6.07, 6.45) is 2.31. The van der Waals surface area contributed by atoms with E-state index in [1.54, 1.807) is 11.9 Å². The van der Waals surface area contributed by atoms with Crippen molar-refractivity contribution in [2.45, 2.75) is 44.8 Å². The smallest absolute Gasteiger partial charge is 0.410 e. The quantitative estimate of drug-likeness (QED) is 0.569. The summed E-state index contributed by atoms with van der Waals surface area (Å²) in [4.78, 5) is 26.9. The van der Waals surface area contributed by atoms with E-state index in [1.807, 2.05) is 25.7 Å². The third kappa shape index (κ3) is 4.15. The average molecular weight is 381 g/mol. The Morgan fingerprint density at radius 1 is 1.33 bits per heavy atom. The third-order valence-corrected chi connectivity index (χ3v) is 4.96. The number of piperidine rings is 1. The van der Waals surface area contributed by atoms with Crippen molar-refractivity contribution in [1.29, 1.82) is 0 Å². The maximum atomic E-state index is 12.4. The molecule has 0 N–H and O–H groups in total. The molecule has 0 aliphatic carbocycles. The van der Waals surface area contributed by atoms with Gasteiger partial charge < -0.3 is 19.3 Å². The lowest BCUT2D eigenvalue weighted by Crippen LogP contribution is -2.58. The predicted octanol–water partition coefficient (Wildman–Crippen LogP) is 1.93. The SMILES string of the molecule is Cn1ncc([N+](=O)[O-])c1N1CCC2(CC1)CN(C(=O)OC(C)(C)C)CCO2. The minimum Gasteiger partial charge on any atom is -0.444 e. The molecule has 27 heavy (non-hydrogen) atoms. The van der Waals surface area contributed by atoms with Gasteiger partial charge in [0, 0.05) is 26.7 Å². The average Bonchev–Trinajstić information content (AvgIpc) is 2.96. The summed E-state index contributed by atoms with van der Waals surface area (Å²) in [5.41, 5.74) is -0.961. The molecule has 2 fully saturated rings. The van der Waals surface area contributed by atoms with E-state index in [0.717, 1.165) is 0 Å². The summed E-state index contributed by atoms with van der Waals surface area (Å²) < 4.78 is 13.1. The first-order valence-corrected chi connectivity index (χ1v) is 9.13. The lowest BCUT2D eigenvalue weighted by Gasteiger charge is -2.47. The van der Waals surface area contributed by atoms with Crippen LogP contribution in [-0.2, 0) is 16.5 Å². The van der Waals surface area contributed by atoms with Gasteiger partial charge >= 0.3 is 11.8 Å². The van der Waals surface area contributed by atoms with Gasteiger partial charge in [-0.15, -0.1) is 0 Å². The molecule has 0 radical (unpaired) electrons. The van der Waals surface area contributed by atoms with E-state index < -0.39 is 16.1 Å². The van der Waals surface area contributed by atoms with Crippen LogP contribution in [0.1, 0.15) is 33.6 Å². The highest BCUT2D eigenvalue weighted by Crippen LogP contribution is 2.35. The van der Waals surface area contributed by atoms with Crippen LogP contribution < -0.4 is 4.90 Å². The van der Waals surface area contributed by atoms with Gasteiger partial charge in [0.05, 0.1) is 23.7 Å². The van der Waals surface area contributed by atoms with Crippen molar-refractivity contribution in [3.63, 3.8) is 0 Å². The summed E-state index contributed by atoms with van der Waals surface area (Å²) in [6, 6.07) is 0. The van der Waals surface area contributed by atoms with E-state index in [0.29, 0.717) is 51.4 Å². The molecule has 1 spiro atoms. The fourth-order valence-electron chi connectivity index (χ4n) is 3.67. The van der Waals surface area contributed by atoms with Crippen molar-refractivity contribution in [2.24, 2.45) is 7.05 Å². The standard InChI is InChI=1S/C17H27N5O5/c1-16(2,3)27-15(23)21-9-10-26-17(12-21)5-7-20(8-6-17)14-13(22(24)25)11-18-19(14)4/h11H,5-10,12H2,1-4H3. The van der Waals surface area contributed by atoms with Crippen LogP contribution in [0.5, 0.6) is 0 Å². The minimum atomic E-state index is -0.537. The van der Waals surface area contributed by atoms with Crippen LogP contribution in [0, 0.1) is 10.1 Å². The number of amides is 1. The van der Waals surface area contributed by atoms with Gasteiger partial charge in [-0.05, 0) is 33.6 Å². The van der Waals surface area contributed by atoms with Crippen LogP contribution in [0.4, 0.5) is 16.3 Å². The van der Waals surface area contributed by atoms with Gasteiger partial charge in [0.2, 0.25) is 5.82 Å². The molecule has 150 valence electrons. The van der Waals surface area contributed by atoms with E-state index in [1.165, 1.54) is 10.9 Å². The molecule has 1 aromatic rings. The van der Waals surface area contributed by atoms with Crippen LogP contribution in [0.25, 0.3) is 0 Å². The number of ether oxygens (including phenoxy) is 2. The summed E-state index contributed by atoms with van der Waals surface area (Å²) in [5, 5.41) is 15.3. The molecule has 0 unspecified atom stereocenters. The predicted molar refractivity (Wildman–Crippen MR) is 97.8 cm³/mol. The van der Waals surface area contributed by atoms with Crippen molar-refractivity contribution in [2.75, 3.05) is 37.7 Å².